The molecule has 3 rings (SSSR count). The number of pyridine rings is 1. The molecule has 0 aliphatic carbocycles. The summed E-state index contributed by atoms with van der Waals surface area (Å²) in [6, 6.07) is 1.60. The molecule has 0 spiro atoms. The lowest BCUT2D eigenvalue weighted by molar-refractivity contribution is -0.384. The van der Waals surface area contributed by atoms with Crippen LogP contribution in [0.5, 0.6) is 5.88 Å². The Hall–Kier alpha value is -1.93. The molecule has 0 unspecified atom stereocenters. The number of ether oxygens (including phenoxy) is 1. The number of aliphatic hydroxyl groups is 1. The molecule has 8 heteroatoms. The number of piperazine rings is 1. The van der Waals surface area contributed by atoms with E-state index in [2.05, 4.69) is 9.88 Å². The van der Waals surface area contributed by atoms with Crippen LogP contribution in [0.3, 0.4) is 0 Å². The average molecular weight is 322 g/mol. The number of β-amino-alcohol motifs (C(OH)–C–C–N with tert-alkyl or cyclic N) is 1. The van der Waals surface area contributed by atoms with Crippen LogP contribution < -0.4 is 9.64 Å². The van der Waals surface area contributed by atoms with E-state index in [9.17, 15) is 10.1 Å². The first kappa shape index (κ1) is 15.9. The van der Waals surface area contributed by atoms with E-state index < -0.39 is 0 Å². The van der Waals surface area contributed by atoms with E-state index in [-0.39, 0.29) is 22.8 Å². The van der Waals surface area contributed by atoms with E-state index in [1.807, 2.05) is 18.7 Å². The largest absolute Gasteiger partial charge is 0.471 e. The number of aromatic nitrogens is 1. The summed E-state index contributed by atoms with van der Waals surface area (Å²) in [5.74, 6) is 0.892. The smallest absolute Gasteiger partial charge is 0.312 e. The molecular formula is C15H22N4O4. The van der Waals surface area contributed by atoms with Crippen molar-refractivity contribution in [1.29, 1.82) is 0 Å². The Labute approximate surface area is 134 Å². The molecule has 23 heavy (non-hydrogen) atoms. The van der Waals surface area contributed by atoms with Gasteiger partial charge in [-0.3, -0.25) is 15.0 Å². The summed E-state index contributed by atoms with van der Waals surface area (Å²) < 4.78 is 5.82. The molecule has 0 saturated carbocycles. The number of aliphatic hydroxyl groups excluding tert-OH is 1. The lowest BCUT2D eigenvalue weighted by Crippen LogP contribution is -2.47. The first-order valence-corrected chi connectivity index (χ1v) is 7.85. The summed E-state index contributed by atoms with van der Waals surface area (Å²) >= 11 is 0. The molecule has 1 saturated heterocycles. The highest BCUT2D eigenvalue weighted by Crippen LogP contribution is 2.39. The standard InChI is InChI=1S/C15H22N4O4/c1-15(2)10-11-9-12(19(21)22)13(16-14(11)23-15)18-5-3-17(4-6-18)7-8-20/h9,20H,3-8,10H2,1-2H3. The Morgan fingerprint density at radius 2 is 2.09 bits per heavy atom. The van der Waals surface area contributed by atoms with Gasteiger partial charge in [0.2, 0.25) is 11.7 Å². The summed E-state index contributed by atoms with van der Waals surface area (Å²) in [4.78, 5) is 19.6. The minimum Gasteiger partial charge on any atom is -0.471 e. The van der Waals surface area contributed by atoms with Crippen molar-refractivity contribution in [1.82, 2.24) is 9.88 Å². The van der Waals surface area contributed by atoms with Gasteiger partial charge in [0.05, 0.1) is 11.5 Å². The molecule has 1 fully saturated rings. The van der Waals surface area contributed by atoms with Gasteiger partial charge in [-0.25, -0.2) is 0 Å². The normalized spacial score (nSPS) is 20.2. The second-order valence-corrected chi connectivity index (χ2v) is 6.64. The van der Waals surface area contributed by atoms with Gasteiger partial charge in [-0.05, 0) is 13.8 Å². The number of hydrogen-bond donors (Lipinski definition) is 1. The summed E-state index contributed by atoms with van der Waals surface area (Å²) in [6.07, 6.45) is 0.626. The molecule has 0 aromatic carbocycles. The lowest BCUT2D eigenvalue weighted by atomic mass is 10.0. The van der Waals surface area contributed by atoms with Crippen molar-refractivity contribution < 1.29 is 14.8 Å². The van der Waals surface area contributed by atoms with Crippen molar-refractivity contribution in [2.75, 3.05) is 44.2 Å². The number of hydrogen-bond acceptors (Lipinski definition) is 7. The third kappa shape index (κ3) is 3.23. The van der Waals surface area contributed by atoms with Crippen LogP contribution in [0.1, 0.15) is 19.4 Å². The third-order valence-corrected chi connectivity index (χ3v) is 4.30. The van der Waals surface area contributed by atoms with Crippen molar-refractivity contribution in [2.24, 2.45) is 0 Å². The minimum absolute atomic E-state index is 0.0423. The number of nitrogens with zero attached hydrogens (tertiary/aromatic N) is 4. The molecule has 1 N–H and O–H groups in total. The fraction of sp³-hybridized carbons (Fsp3) is 0.667. The van der Waals surface area contributed by atoms with E-state index in [1.54, 1.807) is 6.07 Å². The van der Waals surface area contributed by atoms with E-state index >= 15 is 0 Å². The maximum Gasteiger partial charge on any atom is 0.312 e. The second kappa shape index (κ2) is 5.93. The molecule has 0 amide bonds. The van der Waals surface area contributed by atoms with Crippen molar-refractivity contribution in [3.63, 3.8) is 0 Å². The molecule has 3 heterocycles. The molecule has 8 nitrogen and oxygen atoms in total. The Balaban J connectivity index is 1.86. The van der Waals surface area contributed by atoms with Crippen molar-refractivity contribution >= 4 is 11.5 Å². The quantitative estimate of drug-likeness (QED) is 0.648. The van der Waals surface area contributed by atoms with Gasteiger partial charge in [-0.2, -0.15) is 4.98 Å². The van der Waals surface area contributed by atoms with Crippen LogP contribution >= 0.6 is 0 Å². The summed E-state index contributed by atoms with van der Waals surface area (Å²) in [7, 11) is 0. The highest BCUT2D eigenvalue weighted by molar-refractivity contribution is 5.62. The molecule has 2 aliphatic heterocycles. The lowest BCUT2D eigenvalue weighted by Gasteiger charge is -2.34. The zero-order valence-corrected chi connectivity index (χ0v) is 13.5. The molecule has 0 radical (unpaired) electrons. The van der Waals surface area contributed by atoms with Crippen LogP contribution in [-0.4, -0.2) is 64.8 Å². The zero-order valence-electron chi connectivity index (χ0n) is 13.5. The van der Waals surface area contributed by atoms with Gasteiger partial charge in [0.1, 0.15) is 5.60 Å². The van der Waals surface area contributed by atoms with Gasteiger partial charge in [-0.15, -0.1) is 0 Å². The number of fused-ring (bicyclic) bond motifs is 1. The molecular weight excluding hydrogens is 300 g/mol. The minimum atomic E-state index is -0.373. The maximum atomic E-state index is 11.4. The molecule has 0 atom stereocenters. The van der Waals surface area contributed by atoms with Gasteiger partial charge in [0.15, 0.2) is 0 Å². The molecule has 1 aromatic rings. The van der Waals surface area contributed by atoms with Crippen molar-refractivity contribution in [2.45, 2.75) is 25.9 Å². The summed E-state index contributed by atoms with van der Waals surface area (Å²) in [5, 5.41) is 20.4. The predicted octanol–water partition coefficient (Wildman–Crippen LogP) is 0.818. The van der Waals surface area contributed by atoms with Crippen LogP contribution in [0.4, 0.5) is 11.5 Å². The van der Waals surface area contributed by atoms with Gasteiger partial charge < -0.3 is 14.7 Å². The SMILES string of the molecule is CC1(C)Cc2cc([N+](=O)[O-])c(N3CCN(CCO)CC3)nc2O1. The van der Waals surface area contributed by atoms with Gasteiger partial charge in [0, 0.05) is 50.8 Å². The molecule has 1 aromatic heterocycles. The zero-order chi connectivity index (χ0) is 16.6. The number of nitro groups is 1. The van der Waals surface area contributed by atoms with Crippen LogP contribution in [0, 0.1) is 10.1 Å². The summed E-state index contributed by atoms with van der Waals surface area (Å²) in [5.41, 5.74) is 0.465. The highest BCUT2D eigenvalue weighted by atomic mass is 16.6. The van der Waals surface area contributed by atoms with E-state index in [1.165, 1.54) is 0 Å². The third-order valence-electron chi connectivity index (χ3n) is 4.30. The fourth-order valence-electron chi connectivity index (χ4n) is 3.18. The Kier molecular flexibility index (Phi) is 4.11. The summed E-state index contributed by atoms with van der Waals surface area (Å²) in [6.45, 7) is 7.46. The van der Waals surface area contributed by atoms with Crippen molar-refractivity contribution in [3.05, 3.63) is 21.7 Å². The Morgan fingerprint density at radius 1 is 1.39 bits per heavy atom. The van der Waals surface area contributed by atoms with Crippen LogP contribution in [0.25, 0.3) is 0 Å². The highest BCUT2D eigenvalue weighted by Gasteiger charge is 2.36. The van der Waals surface area contributed by atoms with Gasteiger partial charge >= 0.3 is 5.69 Å². The van der Waals surface area contributed by atoms with Crippen LogP contribution in [0.2, 0.25) is 0 Å². The van der Waals surface area contributed by atoms with E-state index in [4.69, 9.17) is 9.84 Å². The van der Waals surface area contributed by atoms with Crippen LogP contribution in [-0.2, 0) is 6.42 Å². The second-order valence-electron chi connectivity index (χ2n) is 6.64. The first-order valence-electron chi connectivity index (χ1n) is 7.85. The average Bonchev–Trinajstić information content (AvgIpc) is 2.80. The van der Waals surface area contributed by atoms with Gasteiger partial charge in [0.25, 0.3) is 0 Å². The van der Waals surface area contributed by atoms with E-state index in [0.717, 1.165) is 18.7 Å². The Morgan fingerprint density at radius 3 is 2.70 bits per heavy atom. The topological polar surface area (TPSA) is 92.0 Å². The number of anilines is 1. The maximum absolute atomic E-state index is 11.4. The van der Waals surface area contributed by atoms with E-state index in [0.29, 0.717) is 37.8 Å². The first-order chi connectivity index (χ1) is 10.9. The number of rotatable bonds is 4. The molecule has 2 aliphatic rings. The molecule has 126 valence electrons. The molecule has 0 bridgehead atoms. The van der Waals surface area contributed by atoms with Crippen molar-refractivity contribution in [3.8, 4) is 5.88 Å². The Bertz CT molecular complexity index is 612. The predicted molar refractivity (Wildman–Crippen MR) is 85.0 cm³/mol. The fourth-order valence-corrected chi connectivity index (χ4v) is 3.18. The monoisotopic (exact) mass is 322 g/mol. The van der Waals surface area contributed by atoms with Gasteiger partial charge in [-0.1, -0.05) is 0 Å². The van der Waals surface area contributed by atoms with Crippen LogP contribution in [0.15, 0.2) is 6.07 Å².